The number of carbonyl (C=O) groups is 2. The van der Waals surface area contributed by atoms with Crippen molar-refractivity contribution in [1.82, 2.24) is 30.4 Å². The fourth-order valence-corrected chi connectivity index (χ4v) is 4.78. The van der Waals surface area contributed by atoms with Crippen LogP contribution in [0.5, 0.6) is 0 Å². The highest BCUT2D eigenvalue weighted by Crippen LogP contribution is 2.31. The van der Waals surface area contributed by atoms with E-state index in [4.69, 9.17) is 11.6 Å². The van der Waals surface area contributed by atoms with Crippen LogP contribution in [0.2, 0.25) is 5.02 Å². The van der Waals surface area contributed by atoms with Gasteiger partial charge in [-0.2, -0.15) is 0 Å². The molecule has 1 aliphatic rings. The van der Waals surface area contributed by atoms with E-state index >= 15 is 0 Å². The van der Waals surface area contributed by atoms with Crippen LogP contribution in [0.1, 0.15) is 37.7 Å². The lowest BCUT2D eigenvalue weighted by Gasteiger charge is -2.22. The first-order valence-corrected chi connectivity index (χ1v) is 12.2. The number of hydrogen-bond acceptors (Lipinski definition) is 6. The van der Waals surface area contributed by atoms with Gasteiger partial charge in [0.05, 0.1) is 11.4 Å². The van der Waals surface area contributed by atoms with Crippen LogP contribution in [0.4, 0.5) is 4.79 Å². The molecular weight excluding hydrogens is 460 g/mol. The molecule has 0 saturated heterocycles. The highest BCUT2D eigenvalue weighted by atomic mass is 35.5. The lowest BCUT2D eigenvalue weighted by atomic mass is 9.96. The molecule has 0 bridgehead atoms. The van der Waals surface area contributed by atoms with Gasteiger partial charge >= 0.3 is 6.03 Å². The van der Waals surface area contributed by atoms with Crippen molar-refractivity contribution in [3.05, 3.63) is 53.3 Å². The van der Waals surface area contributed by atoms with Gasteiger partial charge < -0.3 is 5.32 Å². The average molecular weight is 485 g/mol. The summed E-state index contributed by atoms with van der Waals surface area (Å²) < 4.78 is 1.87. The Morgan fingerprint density at radius 1 is 1.12 bits per heavy atom. The molecule has 33 heavy (non-hydrogen) atoms. The predicted octanol–water partition coefficient (Wildman–Crippen LogP) is 4.54. The second-order valence-electron chi connectivity index (χ2n) is 7.91. The summed E-state index contributed by atoms with van der Waals surface area (Å²) in [6.45, 7) is 1.92. The van der Waals surface area contributed by atoms with Crippen LogP contribution in [0.15, 0.2) is 47.9 Å². The standard InChI is InChI=1S/C23H25ClN6O2S/c1-15-18(24)8-5-9-19(15)30-21(16-10-12-25-13-11-16)28-29-23(30)33-14-20(31)27-22(32)26-17-6-3-2-4-7-17/h5,8-13,17H,2-4,6-7,14H2,1H3,(H2,26,27,31,32). The number of imide groups is 1. The summed E-state index contributed by atoms with van der Waals surface area (Å²) >= 11 is 7.57. The van der Waals surface area contributed by atoms with Crippen molar-refractivity contribution in [1.29, 1.82) is 0 Å². The van der Waals surface area contributed by atoms with Crippen molar-refractivity contribution in [3.8, 4) is 17.1 Å². The second-order valence-corrected chi connectivity index (χ2v) is 9.26. The van der Waals surface area contributed by atoms with Gasteiger partial charge in [-0.05, 0) is 49.6 Å². The summed E-state index contributed by atoms with van der Waals surface area (Å²) in [7, 11) is 0. The van der Waals surface area contributed by atoms with E-state index in [1.165, 1.54) is 18.2 Å². The maximum absolute atomic E-state index is 12.4. The number of halogens is 1. The third-order valence-electron chi connectivity index (χ3n) is 5.58. The van der Waals surface area contributed by atoms with E-state index in [9.17, 15) is 9.59 Å². The van der Waals surface area contributed by atoms with E-state index in [0.29, 0.717) is 16.0 Å². The van der Waals surface area contributed by atoms with E-state index in [2.05, 4.69) is 25.8 Å². The molecular formula is C23H25ClN6O2S. The number of carbonyl (C=O) groups excluding carboxylic acids is 2. The lowest BCUT2D eigenvalue weighted by molar-refractivity contribution is -0.117. The number of hydrogen-bond donors (Lipinski definition) is 2. The SMILES string of the molecule is Cc1c(Cl)cccc1-n1c(SCC(=O)NC(=O)NC2CCCCC2)nnc1-c1ccncc1. The third-order valence-corrected chi connectivity index (χ3v) is 6.92. The van der Waals surface area contributed by atoms with Crippen LogP contribution in [-0.4, -0.2) is 43.5 Å². The van der Waals surface area contributed by atoms with Gasteiger partial charge in [0.2, 0.25) is 5.91 Å². The van der Waals surface area contributed by atoms with Gasteiger partial charge in [-0.15, -0.1) is 10.2 Å². The second kappa shape index (κ2) is 10.8. The Morgan fingerprint density at radius 3 is 2.64 bits per heavy atom. The molecule has 1 saturated carbocycles. The molecule has 2 N–H and O–H groups in total. The molecule has 0 aliphatic heterocycles. The van der Waals surface area contributed by atoms with Crippen LogP contribution in [0, 0.1) is 6.92 Å². The zero-order valence-corrected chi connectivity index (χ0v) is 19.8. The molecule has 10 heteroatoms. The Balaban J connectivity index is 1.50. The van der Waals surface area contributed by atoms with E-state index in [1.54, 1.807) is 12.4 Å². The lowest BCUT2D eigenvalue weighted by Crippen LogP contribution is -2.45. The highest BCUT2D eigenvalue weighted by molar-refractivity contribution is 7.99. The molecule has 1 aliphatic carbocycles. The Hall–Kier alpha value is -2.91. The van der Waals surface area contributed by atoms with Crippen molar-refractivity contribution >= 4 is 35.3 Å². The molecule has 0 spiro atoms. The normalized spacial score (nSPS) is 14.1. The first-order valence-electron chi connectivity index (χ1n) is 10.9. The molecule has 2 aromatic heterocycles. The summed E-state index contributed by atoms with van der Waals surface area (Å²) in [5.41, 5.74) is 2.52. The minimum absolute atomic E-state index is 0.0200. The average Bonchev–Trinajstić information content (AvgIpc) is 3.24. The number of nitrogens with zero attached hydrogens (tertiary/aromatic N) is 4. The maximum atomic E-state index is 12.4. The van der Waals surface area contributed by atoms with Gasteiger partial charge in [0.15, 0.2) is 11.0 Å². The number of aromatic nitrogens is 4. The maximum Gasteiger partial charge on any atom is 0.321 e. The minimum atomic E-state index is -0.447. The van der Waals surface area contributed by atoms with Gasteiger partial charge in [0, 0.05) is 29.0 Å². The molecule has 0 atom stereocenters. The van der Waals surface area contributed by atoms with Crippen molar-refractivity contribution in [2.24, 2.45) is 0 Å². The Labute approximate surface area is 201 Å². The van der Waals surface area contributed by atoms with Crippen LogP contribution in [0.3, 0.4) is 0 Å². The van der Waals surface area contributed by atoms with Gasteiger partial charge in [0.25, 0.3) is 0 Å². The number of amides is 3. The molecule has 8 nitrogen and oxygen atoms in total. The quantitative estimate of drug-likeness (QED) is 0.498. The van der Waals surface area contributed by atoms with E-state index in [0.717, 1.165) is 42.5 Å². The highest BCUT2D eigenvalue weighted by Gasteiger charge is 2.21. The summed E-state index contributed by atoms with van der Waals surface area (Å²) in [5, 5.41) is 15.1. The molecule has 2 heterocycles. The third kappa shape index (κ3) is 5.72. The van der Waals surface area contributed by atoms with Crippen molar-refractivity contribution in [2.45, 2.75) is 50.2 Å². The summed E-state index contributed by atoms with van der Waals surface area (Å²) in [4.78, 5) is 28.7. The summed E-state index contributed by atoms with van der Waals surface area (Å²) in [5.74, 6) is 0.239. The van der Waals surface area contributed by atoms with E-state index in [1.807, 2.05) is 41.8 Å². The zero-order valence-electron chi connectivity index (χ0n) is 18.3. The number of urea groups is 1. The first-order chi connectivity index (χ1) is 16.0. The van der Waals surface area contributed by atoms with Crippen LogP contribution < -0.4 is 10.6 Å². The van der Waals surface area contributed by atoms with Crippen LogP contribution in [0.25, 0.3) is 17.1 Å². The number of nitrogens with one attached hydrogen (secondary N) is 2. The first kappa shape index (κ1) is 23.3. The largest absolute Gasteiger partial charge is 0.335 e. The molecule has 0 radical (unpaired) electrons. The number of rotatable bonds is 6. The van der Waals surface area contributed by atoms with Gasteiger partial charge in [-0.25, -0.2) is 4.79 Å². The molecule has 0 unspecified atom stereocenters. The molecule has 172 valence electrons. The van der Waals surface area contributed by atoms with E-state index < -0.39 is 11.9 Å². The van der Waals surface area contributed by atoms with Crippen molar-refractivity contribution in [3.63, 3.8) is 0 Å². The van der Waals surface area contributed by atoms with E-state index in [-0.39, 0.29) is 11.8 Å². The molecule has 1 aromatic carbocycles. The number of pyridine rings is 1. The monoisotopic (exact) mass is 484 g/mol. The zero-order chi connectivity index (χ0) is 23.2. The van der Waals surface area contributed by atoms with Crippen molar-refractivity contribution < 1.29 is 9.59 Å². The van der Waals surface area contributed by atoms with Crippen LogP contribution in [-0.2, 0) is 4.79 Å². The molecule has 4 rings (SSSR count). The molecule has 3 amide bonds. The Morgan fingerprint density at radius 2 is 1.88 bits per heavy atom. The topological polar surface area (TPSA) is 102 Å². The number of benzene rings is 1. The number of thioether (sulfide) groups is 1. The fraction of sp³-hybridized carbons (Fsp3) is 0.348. The summed E-state index contributed by atoms with van der Waals surface area (Å²) in [6.07, 6.45) is 8.69. The predicted molar refractivity (Wildman–Crippen MR) is 129 cm³/mol. The molecule has 3 aromatic rings. The van der Waals surface area contributed by atoms with Gasteiger partial charge in [0.1, 0.15) is 0 Å². The molecule has 1 fully saturated rings. The smallest absolute Gasteiger partial charge is 0.321 e. The summed E-state index contributed by atoms with van der Waals surface area (Å²) in [6, 6.07) is 8.98. The fourth-order valence-electron chi connectivity index (χ4n) is 3.87. The minimum Gasteiger partial charge on any atom is -0.335 e. The van der Waals surface area contributed by atoms with Crippen LogP contribution >= 0.6 is 23.4 Å². The van der Waals surface area contributed by atoms with Crippen molar-refractivity contribution in [2.75, 3.05) is 5.75 Å². The Bertz CT molecular complexity index is 1130. The van der Waals surface area contributed by atoms with Gasteiger partial charge in [-0.1, -0.05) is 48.7 Å². The van der Waals surface area contributed by atoms with Gasteiger partial charge in [-0.3, -0.25) is 19.7 Å². The Kier molecular flexibility index (Phi) is 7.61.